The van der Waals surface area contributed by atoms with Crippen molar-refractivity contribution in [1.29, 1.82) is 0 Å². The Morgan fingerprint density at radius 2 is 2.24 bits per heavy atom. The summed E-state index contributed by atoms with van der Waals surface area (Å²) in [6.07, 6.45) is 7.95. The summed E-state index contributed by atoms with van der Waals surface area (Å²) < 4.78 is 0. The first kappa shape index (κ1) is 10.5. The lowest BCUT2D eigenvalue weighted by Gasteiger charge is -2.26. The zero-order chi connectivity index (χ0) is 11.7. The van der Waals surface area contributed by atoms with Crippen LogP contribution in [0.4, 0.5) is 0 Å². The number of hydrogen-bond acceptors (Lipinski definition) is 1. The smallest absolute Gasteiger partial charge is 0.0457 e. The molecule has 0 spiro atoms. The number of rotatable bonds is 2. The van der Waals surface area contributed by atoms with Crippen molar-refractivity contribution >= 4 is 10.9 Å². The Labute approximate surface area is 102 Å². The highest BCUT2D eigenvalue weighted by Gasteiger charge is 2.11. The number of allylic oxidation sites excluding steroid dienone is 1. The van der Waals surface area contributed by atoms with E-state index in [4.69, 9.17) is 0 Å². The van der Waals surface area contributed by atoms with Gasteiger partial charge in [0.05, 0.1) is 0 Å². The second kappa shape index (κ2) is 4.28. The first-order chi connectivity index (χ1) is 8.33. The maximum atomic E-state index is 3.34. The van der Waals surface area contributed by atoms with E-state index in [1.807, 2.05) is 0 Å². The van der Waals surface area contributed by atoms with E-state index in [1.165, 1.54) is 22.9 Å². The van der Waals surface area contributed by atoms with Crippen LogP contribution < -0.4 is 0 Å². The summed E-state index contributed by atoms with van der Waals surface area (Å²) in [5, 5.41) is 1.35. The van der Waals surface area contributed by atoms with Gasteiger partial charge in [-0.25, -0.2) is 0 Å². The number of nitrogens with one attached hydrogen (secondary N) is 1. The number of fused-ring (bicyclic) bond motifs is 1. The molecule has 1 atom stereocenters. The van der Waals surface area contributed by atoms with Crippen molar-refractivity contribution in [2.45, 2.75) is 19.9 Å². The summed E-state index contributed by atoms with van der Waals surface area (Å²) in [7, 11) is 0. The maximum absolute atomic E-state index is 3.34. The molecule has 0 amide bonds. The van der Waals surface area contributed by atoms with Gasteiger partial charge in [0.25, 0.3) is 0 Å². The number of aromatic nitrogens is 1. The fraction of sp³-hybridized carbons (Fsp3) is 0.333. The predicted octanol–water partition coefficient (Wildman–Crippen LogP) is 3.52. The van der Waals surface area contributed by atoms with E-state index in [0.29, 0.717) is 0 Å². The lowest BCUT2D eigenvalue weighted by Crippen LogP contribution is -2.23. The van der Waals surface area contributed by atoms with Crippen LogP contribution in [0.2, 0.25) is 0 Å². The molecule has 0 aliphatic carbocycles. The number of para-hydroxylation sites is 1. The third kappa shape index (κ3) is 2.07. The third-order valence-corrected chi connectivity index (χ3v) is 3.55. The Bertz CT molecular complexity index is 539. The van der Waals surface area contributed by atoms with Gasteiger partial charge in [0.1, 0.15) is 0 Å². The number of hydrogen-bond donors (Lipinski definition) is 1. The molecule has 17 heavy (non-hydrogen) atoms. The molecular weight excluding hydrogens is 208 g/mol. The first-order valence-electron chi connectivity index (χ1n) is 6.30. The molecule has 0 saturated heterocycles. The van der Waals surface area contributed by atoms with E-state index in [-0.39, 0.29) is 0 Å². The Balaban J connectivity index is 1.83. The number of aromatic amines is 1. The van der Waals surface area contributed by atoms with Crippen molar-refractivity contribution in [3.63, 3.8) is 0 Å². The van der Waals surface area contributed by atoms with Crippen LogP contribution in [-0.2, 0) is 6.54 Å². The third-order valence-electron chi connectivity index (χ3n) is 3.55. The van der Waals surface area contributed by atoms with E-state index < -0.39 is 0 Å². The van der Waals surface area contributed by atoms with Crippen LogP contribution in [0, 0.1) is 5.92 Å². The van der Waals surface area contributed by atoms with Crippen LogP contribution in [0.5, 0.6) is 0 Å². The van der Waals surface area contributed by atoms with Crippen LogP contribution in [0.1, 0.15) is 18.9 Å². The second-order valence-electron chi connectivity index (χ2n) is 4.94. The van der Waals surface area contributed by atoms with Crippen LogP contribution >= 0.6 is 0 Å². The van der Waals surface area contributed by atoms with Crippen molar-refractivity contribution in [3.8, 4) is 0 Å². The fourth-order valence-electron chi connectivity index (χ4n) is 2.42. The lowest BCUT2D eigenvalue weighted by atomic mass is 10.0. The molecule has 2 heteroatoms. The summed E-state index contributed by atoms with van der Waals surface area (Å²) in [5.41, 5.74) is 2.62. The summed E-state index contributed by atoms with van der Waals surface area (Å²) in [5.74, 6) is 0.731. The monoisotopic (exact) mass is 226 g/mol. The Hall–Kier alpha value is -1.70. The molecule has 2 nitrogen and oxygen atoms in total. The minimum absolute atomic E-state index is 0.731. The zero-order valence-corrected chi connectivity index (χ0v) is 10.2. The second-order valence-corrected chi connectivity index (χ2v) is 4.94. The minimum atomic E-state index is 0.731. The van der Waals surface area contributed by atoms with Gasteiger partial charge >= 0.3 is 0 Å². The van der Waals surface area contributed by atoms with Gasteiger partial charge in [-0.2, -0.15) is 0 Å². The van der Waals surface area contributed by atoms with E-state index in [2.05, 4.69) is 59.5 Å². The molecule has 1 N–H and O–H groups in total. The van der Waals surface area contributed by atoms with E-state index in [0.717, 1.165) is 19.0 Å². The van der Waals surface area contributed by atoms with Gasteiger partial charge in [-0.1, -0.05) is 31.2 Å². The topological polar surface area (TPSA) is 19.0 Å². The highest BCUT2D eigenvalue weighted by molar-refractivity contribution is 5.82. The Morgan fingerprint density at radius 3 is 3.06 bits per heavy atom. The molecule has 1 aromatic heterocycles. The number of nitrogens with zero attached hydrogens (tertiary/aromatic N) is 1. The van der Waals surface area contributed by atoms with Crippen LogP contribution in [-0.4, -0.2) is 16.4 Å². The van der Waals surface area contributed by atoms with Crippen LogP contribution in [0.25, 0.3) is 10.9 Å². The van der Waals surface area contributed by atoms with E-state index in [1.54, 1.807) is 0 Å². The molecule has 0 fully saturated rings. The molecule has 2 aromatic rings. The molecule has 0 unspecified atom stereocenters. The summed E-state index contributed by atoms with van der Waals surface area (Å²) in [4.78, 5) is 5.73. The average Bonchev–Trinajstić information content (AvgIpc) is 2.76. The van der Waals surface area contributed by atoms with Crippen molar-refractivity contribution in [3.05, 3.63) is 48.3 Å². The van der Waals surface area contributed by atoms with E-state index >= 15 is 0 Å². The van der Waals surface area contributed by atoms with Gasteiger partial charge in [-0.15, -0.1) is 0 Å². The van der Waals surface area contributed by atoms with Gasteiger partial charge in [0, 0.05) is 30.2 Å². The quantitative estimate of drug-likeness (QED) is 0.830. The highest BCUT2D eigenvalue weighted by Crippen LogP contribution is 2.21. The van der Waals surface area contributed by atoms with Gasteiger partial charge in [-0.3, -0.25) is 0 Å². The molecule has 3 rings (SSSR count). The van der Waals surface area contributed by atoms with Crippen molar-refractivity contribution in [1.82, 2.24) is 9.88 Å². The number of benzene rings is 1. The van der Waals surface area contributed by atoms with Crippen LogP contribution in [0.3, 0.4) is 0 Å². The molecule has 0 bridgehead atoms. The standard InChI is InChI=1S/C15H18N2/c1-12-6-8-17(9-7-12)11-13-10-16-15-5-3-2-4-14(13)15/h2-6,8,10,12,16H,7,9,11H2,1H3/t12-/m0/s1. The largest absolute Gasteiger partial charge is 0.373 e. The lowest BCUT2D eigenvalue weighted by molar-refractivity contribution is 0.324. The fourth-order valence-corrected chi connectivity index (χ4v) is 2.42. The van der Waals surface area contributed by atoms with Crippen molar-refractivity contribution < 1.29 is 0 Å². The van der Waals surface area contributed by atoms with Crippen molar-refractivity contribution in [2.24, 2.45) is 5.92 Å². The summed E-state index contributed by atoms with van der Waals surface area (Å²) in [6.45, 7) is 4.45. The predicted molar refractivity (Wildman–Crippen MR) is 71.6 cm³/mol. The molecule has 1 aromatic carbocycles. The first-order valence-corrected chi connectivity index (χ1v) is 6.30. The van der Waals surface area contributed by atoms with Gasteiger partial charge in [0.15, 0.2) is 0 Å². The SMILES string of the molecule is C[C@H]1C=CN(Cc2c[nH]c3ccccc23)CC1. The summed E-state index contributed by atoms with van der Waals surface area (Å²) >= 11 is 0. The molecule has 2 heterocycles. The van der Waals surface area contributed by atoms with Crippen LogP contribution in [0.15, 0.2) is 42.7 Å². The van der Waals surface area contributed by atoms with Crippen molar-refractivity contribution in [2.75, 3.05) is 6.54 Å². The van der Waals surface area contributed by atoms with Gasteiger partial charge in [-0.05, 0) is 30.2 Å². The molecule has 88 valence electrons. The number of H-pyrrole nitrogens is 1. The molecule has 1 aliphatic heterocycles. The molecule has 0 saturated carbocycles. The highest BCUT2D eigenvalue weighted by atomic mass is 15.1. The van der Waals surface area contributed by atoms with Gasteiger partial charge in [0.2, 0.25) is 0 Å². The molecule has 1 aliphatic rings. The normalized spacial score (nSPS) is 20.1. The Morgan fingerprint density at radius 1 is 1.35 bits per heavy atom. The average molecular weight is 226 g/mol. The Kier molecular flexibility index (Phi) is 2.63. The summed E-state index contributed by atoms with van der Waals surface area (Å²) in [6, 6.07) is 8.50. The molecular formula is C15H18N2. The zero-order valence-electron chi connectivity index (χ0n) is 10.2. The van der Waals surface area contributed by atoms with E-state index in [9.17, 15) is 0 Å². The maximum Gasteiger partial charge on any atom is 0.0457 e. The molecule has 0 radical (unpaired) electrons. The minimum Gasteiger partial charge on any atom is -0.373 e. The van der Waals surface area contributed by atoms with Gasteiger partial charge < -0.3 is 9.88 Å².